The summed E-state index contributed by atoms with van der Waals surface area (Å²) in [4.78, 5) is 11.8. The Hall–Kier alpha value is -2.71. The lowest BCUT2D eigenvalue weighted by Crippen LogP contribution is -2.74. The molecule has 28 heavy (non-hydrogen) atoms. The molecule has 0 fully saturated rings. The van der Waals surface area contributed by atoms with Gasteiger partial charge in [-0.25, -0.2) is 5.32 Å². The number of para-hydroxylation sites is 1. The van der Waals surface area contributed by atoms with E-state index in [2.05, 4.69) is 16.0 Å². The molecule has 1 aliphatic rings. The highest BCUT2D eigenvalue weighted by Crippen LogP contribution is 2.32. The van der Waals surface area contributed by atoms with Gasteiger partial charge in [0.15, 0.2) is 0 Å². The largest absolute Gasteiger partial charge is 0.338 e. The van der Waals surface area contributed by atoms with Gasteiger partial charge in [-0.3, -0.25) is 10.5 Å². The Labute approximate surface area is 165 Å². The van der Waals surface area contributed by atoms with Crippen molar-refractivity contribution in [1.82, 2.24) is 10.6 Å². The van der Waals surface area contributed by atoms with Crippen LogP contribution < -0.4 is 27.4 Å². The number of hydrogen-bond acceptors (Lipinski definition) is 6. The van der Waals surface area contributed by atoms with E-state index < -0.39 is 11.6 Å². The van der Waals surface area contributed by atoms with Crippen LogP contribution in [-0.4, -0.2) is 19.0 Å². The van der Waals surface area contributed by atoms with Crippen molar-refractivity contribution >= 4 is 11.6 Å². The molecule has 3 rings (SSSR count). The normalized spacial score (nSPS) is 24.2. The number of carbonyl (C=O) groups is 1. The fourth-order valence-corrected chi connectivity index (χ4v) is 3.16. The second-order valence-electron chi connectivity index (χ2n) is 6.87. The average molecular weight is 381 g/mol. The Morgan fingerprint density at radius 1 is 1.14 bits per heavy atom. The van der Waals surface area contributed by atoms with E-state index in [9.17, 15) is 4.79 Å². The van der Waals surface area contributed by atoms with Crippen LogP contribution in [-0.2, 0) is 15.2 Å². The third-order valence-corrected chi connectivity index (χ3v) is 5.00. The van der Waals surface area contributed by atoms with E-state index in [0.29, 0.717) is 6.42 Å². The van der Waals surface area contributed by atoms with E-state index in [1.807, 2.05) is 62.4 Å². The van der Waals surface area contributed by atoms with E-state index in [1.165, 1.54) is 7.11 Å². The number of hydrogen-bond donors (Lipinski definition) is 5. The lowest BCUT2D eigenvalue weighted by atomic mass is 9.90. The SMILES string of the molecule is CCC(=O)Nc1ccccc1-c1ccc(C2(N)NC(N)(OC)NC=C2C)cc1. The second kappa shape index (κ2) is 7.73. The molecular formula is C21H27N5O2. The molecule has 0 spiro atoms. The van der Waals surface area contributed by atoms with Crippen molar-refractivity contribution in [3.63, 3.8) is 0 Å². The van der Waals surface area contributed by atoms with Crippen molar-refractivity contribution in [1.29, 1.82) is 0 Å². The molecule has 2 aromatic carbocycles. The van der Waals surface area contributed by atoms with Gasteiger partial charge in [-0.15, -0.1) is 0 Å². The Kier molecular flexibility index (Phi) is 5.53. The fraction of sp³-hybridized carbons (Fsp3) is 0.286. The lowest BCUT2D eigenvalue weighted by molar-refractivity contribution is -0.115. The minimum atomic E-state index is -1.26. The summed E-state index contributed by atoms with van der Waals surface area (Å²) in [7, 11) is 1.50. The molecule has 7 nitrogen and oxygen atoms in total. The minimum Gasteiger partial charge on any atom is -0.338 e. The number of amides is 1. The van der Waals surface area contributed by atoms with Crippen LogP contribution in [0, 0.1) is 0 Å². The molecule has 1 heterocycles. The number of benzene rings is 2. The van der Waals surface area contributed by atoms with Gasteiger partial charge in [0.1, 0.15) is 5.66 Å². The predicted molar refractivity (Wildman–Crippen MR) is 111 cm³/mol. The number of nitrogens with two attached hydrogens (primary N) is 2. The molecule has 7 N–H and O–H groups in total. The van der Waals surface area contributed by atoms with Gasteiger partial charge in [0.25, 0.3) is 5.97 Å². The van der Waals surface area contributed by atoms with E-state index >= 15 is 0 Å². The summed E-state index contributed by atoms with van der Waals surface area (Å²) in [6, 6.07) is 15.5. The van der Waals surface area contributed by atoms with Crippen molar-refractivity contribution in [2.45, 2.75) is 31.9 Å². The van der Waals surface area contributed by atoms with Crippen LogP contribution in [0.3, 0.4) is 0 Å². The van der Waals surface area contributed by atoms with Crippen molar-refractivity contribution < 1.29 is 9.53 Å². The fourth-order valence-electron chi connectivity index (χ4n) is 3.16. The van der Waals surface area contributed by atoms with Crippen LogP contribution in [0.2, 0.25) is 0 Å². The summed E-state index contributed by atoms with van der Waals surface area (Å²) < 4.78 is 5.29. The maximum absolute atomic E-state index is 11.8. The standard InChI is InChI=1S/C21H27N5O2/c1-4-19(27)25-18-8-6-5-7-17(18)15-9-11-16(12-10-15)20(22)14(2)13-24-21(23,26-20)28-3/h5-13,24,26H,4,22-23H2,1-3H3,(H,25,27). The first kappa shape index (κ1) is 20.0. The highest BCUT2D eigenvalue weighted by atomic mass is 16.5. The first-order chi connectivity index (χ1) is 13.3. The molecule has 0 saturated heterocycles. The lowest BCUT2D eigenvalue weighted by Gasteiger charge is -2.44. The van der Waals surface area contributed by atoms with Crippen LogP contribution >= 0.6 is 0 Å². The monoisotopic (exact) mass is 381 g/mol. The van der Waals surface area contributed by atoms with Crippen LogP contribution in [0.25, 0.3) is 11.1 Å². The van der Waals surface area contributed by atoms with Crippen LogP contribution in [0.5, 0.6) is 0 Å². The Morgan fingerprint density at radius 2 is 1.82 bits per heavy atom. The molecule has 148 valence electrons. The van der Waals surface area contributed by atoms with Crippen molar-refractivity contribution in [2.75, 3.05) is 12.4 Å². The van der Waals surface area contributed by atoms with Crippen LogP contribution in [0.4, 0.5) is 5.69 Å². The summed E-state index contributed by atoms with van der Waals surface area (Å²) in [5.74, 6) is -1.28. The summed E-state index contributed by atoms with van der Waals surface area (Å²) in [5.41, 5.74) is 16.2. The van der Waals surface area contributed by atoms with Crippen LogP contribution in [0.15, 0.2) is 60.3 Å². The molecule has 7 heteroatoms. The third kappa shape index (κ3) is 3.79. The quantitative estimate of drug-likeness (QED) is 0.507. The topological polar surface area (TPSA) is 114 Å². The number of nitrogens with one attached hydrogen (secondary N) is 3. The highest BCUT2D eigenvalue weighted by molar-refractivity contribution is 5.95. The molecule has 2 unspecified atom stereocenters. The first-order valence-electron chi connectivity index (χ1n) is 9.18. The predicted octanol–water partition coefficient (Wildman–Crippen LogP) is 2.13. The van der Waals surface area contributed by atoms with Gasteiger partial charge in [0.05, 0.1) is 0 Å². The first-order valence-corrected chi connectivity index (χ1v) is 9.18. The van der Waals surface area contributed by atoms with Gasteiger partial charge < -0.3 is 21.1 Å². The van der Waals surface area contributed by atoms with Gasteiger partial charge in [-0.05, 0) is 29.7 Å². The molecule has 0 aliphatic carbocycles. The summed E-state index contributed by atoms with van der Waals surface area (Å²) in [6.45, 7) is 3.74. The maximum atomic E-state index is 11.8. The summed E-state index contributed by atoms with van der Waals surface area (Å²) >= 11 is 0. The molecule has 0 bridgehead atoms. The zero-order valence-corrected chi connectivity index (χ0v) is 16.4. The van der Waals surface area contributed by atoms with Gasteiger partial charge in [0, 0.05) is 31.0 Å². The maximum Gasteiger partial charge on any atom is 0.256 e. The molecule has 0 aromatic heterocycles. The second-order valence-corrected chi connectivity index (χ2v) is 6.87. The highest BCUT2D eigenvalue weighted by Gasteiger charge is 2.41. The average Bonchev–Trinajstić information content (AvgIpc) is 2.71. The van der Waals surface area contributed by atoms with Crippen molar-refractivity contribution in [2.24, 2.45) is 11.5 Å². The minimum absolute atomic E-state index is 0.0245. The number of anilines is 1. The van der Waals surface area contributed by atoms with Crippen LogP contribution in [0.1, 0.15) is 25.8 Å². The third-order valence-electron chi connectivity index (χ3n) is 5.00. The molecule has 1 amide bonds. The smallest absolute Gasteiger partial charge is 0.256 e. The zero-order valence-electron chi connectivity index (χ0n) is 16.4. The van der Waals surface area contributed by atoms with Gasteiger partial charge in [0.2, 0.25) is 5.91 Å². The number of rotatable bonds is 5. The van der Waals surface area contributed by atoms with Gasteiger partial charge in [-0.1, -0.05) is 49.4 Å². The van der Waals surface area contributed by atoms with Gasteiger partial charge in [-0.2, -0.15) is 0 Å². The van der Waals surface area contributed by atoms with E-state index in [0.717, 1.165) is 28.0 Å². The molecule has 0 saturated carbocycles. The van der Waals surface area contributed by atoms with E-state index in [4.69, 9.17) is 16.2 Å². The number of methoxy groups -OCH3 is 1. The Bertz CT molecular complexity index is 896. The molecular weight excluding hydrogens is 354 g/mol. The van der Waals surface area contributed by atoms with Crippen molar-refractivity contribution in [3.8, 4) is 11.1 Å². The van der Waals surface area contributed by atoms with Crippen molar-refractivity contribution in [3.05, 3.63) is 65.9 Å². The number of carbonyl (C=O) groups excluding carboxylic acids is 1. The Morgan fingerprint density at radius 3 is 2.46 bits per heavy atom. The van der Waals surface area contributed by atoms with E-state index in [-0.39, 0.29) is 5.91 Å². The van der Waals surface area contributed by atoms with E-state index in [1.54, 1.807) is 6.20 Å². The molecule has 2 aromatic rings. The molecule has 2 atom stereocenters. The summed E-state index contributed by atoms with van der Waals surface area (Å²) in [5, 5.41) is 9.02. The Balaban J connectivity index is 1.94. The number of ether oxygens (including phenoxy) is 1. The molecule has 0 radical (unpaired) electrons. The molecule has 1 aliphatic heterocycles. The van der Waals surface area contributed by atoms with Gasteiger partial charge >= 0.3 is 0 Å². The summed E-state index contributed by atoms with van der Waals surface area (Å²) in [6.07, 6.45) is 2.18. The zero-order chi connectivity index (χ0) is 20.4.